The Morgan fingerprint density at radius 3 is 2.00 bits per heavy atom. The van der Waals surface area contributed by atoms with Crippen molar-refractivity contribution in [2.24, 2.45) is 4.99 Å². The first-order chi connectivity index (χ1) is 22.9. The van der Waals surface area contributed by atoms with Gasteiger partial charge >= 0.3 is 0 Å². The maximum atomic E-state index is 5.31. The van der Waals surface area contributed by atoms with Gasteiger partial charge in [0.1, 0.15) is 5.01 Å². The van der Waals surface area contributed by atoms with Crippen molar-refractivity contribution in [3.05, 3.63) is 157 Å². The third-order valence-electron chi connectivity index (χ3n) is 8.94. The van der Waals surface area contributed by atoms with E-state index in [1.54, 1.807) is 11.3 Å². The van der Waals surface area contributed by atoms with Crippen molar-refractivity contribution in [3.63, 3.8) is 0 Å². The van der Waals surface area contributed by atoms with E-state index >= 15 is 0 Å². The average molecular weight is 623 g/mol. The lowest BCUT2D eigenvalue weighted by Gasteiger charge is -2.20. The van der Waals surface area contributed by atoms with Crippen LogP contribution in [0.5, 0.6) is 0 Å². The van der Waals surface area contributed by atoms with Gasteiger partial charge in [-0.2, -0.15) is 0 Å². The Balaban J connectivity index is 1.23. The predicted molar refractivity (Wildman–Crippen MR) is 203 cm³/mol. The van der Waals surface area contributed by atoms with E-state index in [1.807, 2.05) is 6.21 Å². The molecule has 0 radical (unpaired) electrons. The van der Waals surface area contributed by atoms with E-state index in [-0.39, 0.29) is 5.41 Å². The zero-order valence-electron chi connectivity index (χ0n) is 26.7. The van der Waals surface area contributed by atoms with Gasteiger partial charge in [0.2, 0.25) is 0 Å². The SMILES string of the molecule is CC(C)(C)c1cc(-c2ccc(-c3ccccc3)cc2)c2nc(-c3ccccc3N=Cc3cc4ccccc4c4ccccc34)sc2c1. The monoisotopic (exact) mass is 622 g/mol. The molecular weight excluding hydrogens is 589 g/mol. The molecule has 0 aliphatic rings. The summed E-state index contributed by atoms with van der Waals surface area (Å²) in [4.78, 5) is 10.4. The zero-order valence-corrected chi connectivity index (χ0v) is 27.6. The van der Waals surface area contributed by atoms with Gasteiger partial charge in [0.25, 0.3) is 0 Å². The van der Waals surface area contributed by atoms with Gasteiger partial charge in [0.05, 0.1) is 15.9 Å². The summed E-state index contributed by atoms with van der Waals surface area (Å²) in [5.74, 6) is 0. The summed E-state index contributed by atoms with van der Waals surface area (Å²) < 4.78 is 1.19. The lowest BCUT2D eigenvalue weighted by Crippen LogP contribution is -2.11. The second-order valence-corrected chi connectivity index (χ2v) is 14.1. The number of aromatic nitrogens is 1. The molecule has 2 nitrogen and oxygen atoms in total. The highest BCUT2D eigenvalue weighted by Gasteiger charge is 2.20. The molecule has 0 saturated heterocycles. The topological polar surface area (TPSA) is 25.2 Å². The molecule has 0 unspecified atom stereocenters. The van der Waals surface area contributed by atoms with Crippen molar-refractivity contribution in [2.75, 3.05) is 0 Å². The van der Waals surface area contributed by atoms with E-state index in [0.29, 0.717) is 0 Å². The van der Waals surface area contributed by atoms with Gasteiger partial charge in [0.15, 0.2) is 0 Å². The lowest BCUT2D eigenvalue weighted by atomic mass is 9.85. The zero-order chi connectivity index (χ0) is 32.0. The molecule has 0 atom stereocenters. The molecule has 0 aliphatic heterocycles. The van der Waals surface area contributed by atoms with Gasteiger partial charge < -0.3 is 0 Å². The van der Waals surface area contributed by atoms with Crippen LogP contribution in [0.2, 0.25) is 0 Å². The van der Waals surface area contributed by atoms with Crippen molar-refractivity contribution < 1.29 is 0 Å². The largest absolute Gasteiger partial charge is 0.256 e. The quantitative estimate of drug-likeness (QED) is 0.138. The lowest BCUT2D eigenvalue weighted by molar-refractivity contribution is 0.591. The van der Waals surface area contributed by atoms with Crippen LogP contribution >= 0.6 is 11.3 Å². The van der Waals surface area contributed by atoms with Crippen LogP contribution in [0.4, 0.5) is 5.69 Å². The molecule has 0 saturated carbocycles. The van der Waals surface area contributed by atoms with Crippen LogP contribution < -0.4 is 0 Å². The Morgan fingerprint density at radius 2 is 1.21 bits per heavy atom. The highest BCUT2D eigenvalue weighted by atomic mass is 32.1. The number of aliphatic imine (C=N–C) groups is 1. The normalized spacial score (nSPS) is 12.1. The highest BCUT2D eigenvalue weighted by Crippen LogP contribution is 2.42. The predicted octanol–water partition coefficient (Wildman–Crippen LogP) is 12.7. The standard InChI is InChI=1S/C44H34N2S/c1-44(2,3)34-26-39(31-23-21-30(22-24-31)29-13-5-4-6-14-29)42-41(27-34)47-43(46-42)38-19-11-12-20-40(38)45-28-33-25-32-15-7-8-16-35(32)37-18-10-9-17-36(33)37/h4-28H,1-3H3. The fourth-order valence-corrected chi connectivity index (χ4v) is 7.43. The van der Waals surface area contributed by atoms with Gasteiger partial charge in [-0.05, 0) is 79.5 Å². The number of hydrogen-bond donors (Lipinski definition) is 0. The van der Waals surface area contributed by atoms with Crippen LogP contribution in [0.3, 0.4) is 0 Å². The van der Waals surface area contributed by atoms with E-state index in [2.05, 4.69) is 166 Å². The van der Waals surface area contributed by atoms with E-state index in [0.717, 1.165) is 32.9 Å². The minimum absolute atomic E-state index is 0.00189. The first-order valence-electron chi connectivity index (χ1n) is 16.1. The Bertz CT molecular complexity index is 2430. The molecule has 8 aromatic rings. The van der Waals surface area contributed by atoms with Crippen LogP contribution in [-0.2, 0) is 5.41 Å². The molecule has 1 aromatic heterocycles. The average Bonchev–Trinajstić information content (AvgIpc) is 3.55. The molecule has 47 heavy (non-hydrogen) atoms. The number of rotatable bonds is 5. The van der Waals surface area contributed by atoms with Crippen molar-refractivity contribution in [3.8, 4) is 32.8 Å². The van der Waals surface area contributed by atoms with E-state index in [4.69, 9.17) is 9.98 Å². The molecule has 1 heterocycles. The number of fused-ring (bicyclic) bond motifs is 4. The number of para-hydroxylation sites is 1. The Hall–Kier alpha value is -5.38. The molecule has 0 N–H and O–H groups in total. The number of benzene rings is 7. The van der Waals surface area contributed by atoms with Crippen molar-refractivity contribution >= 4 is 55.0 Å². The van der Waals surface area contributed by atoms with Gasteiger partial charge in [-0.25, -0.2) is 4.98 Å². The van der Waals surface area contributed by atoms with E-state index in [9.17, 15) is 0 Å². The summed E-state index contributed by atoms with van der Waals surface area (Å²) in [5, 5.41) is 5.89. The van der Waals surface area contributed by atoms with Crippen LogP contribution in [0, 0.1) is 0 Å². The summed E-state index contributed by atoms with van der Waals surface area (Å²) in [6.07, 6.45) is 2.01. The molecule has 8 rings (SSSR count). The molecule has 0 amide bonds. The van der Waals surface area contributed by atoms with Crippen molar-refractivity contribution in [2.45, 2.75) is 26.2 Å². The van der Waals surface area contributed by atoms with Crippen molar-refractivity contribution in [1.29, 1.82) is 0 Å². The molecule has 0 aliphatic carbocycles. The summed E-state index contributed by atoms with van der Waals surface area (Å²) in [5.41, 5.74) is 10.2. The summed E-state index contributed by atoms with van der Waals surface area (Å²) >= 11 is 1.74. The molecule has 3 heteroatoms. The van der Waals surface area contributed by atoms with Gasteiger partial charge in [-0.15, -0.1) is 11.3 Å². The molecule has 0 fully saturated rings. The first kappa shape index (κ1) is 29.1. The Kier molecular flexibility index (Phi) is 7.27. The fourth-order valence-electron chi connectivity index (χ4n) is 6.37. The molecule has 0 spiro atoms. The maximum Gasteiger partial charge on any atom is 0.126 e. The number of thiazole rings is 1. The molecule has 7 aromatic carbocycles. The van der Waals surface area contributed by atoms with Crippen LogP contribution in [-0.4, -0.2) is 11.2 Å². The number of hydrogen-bond acceptors (Lipinski definition) is 3. The van der Waals surface area contributed by atoms with Crippen LogP contribution in [0.1, 0.15) is 31.9 Å². The minimum atomic E-state index is 0.00189. The molecule has 226 valence electrons. The highest BCUT2D eigenvalue weighted by molar-refractivity contribution is 7.21. The first-order valence-corrected chi connectivity index (χ1v) is 16.9. The minimum Gasteiger partial charge on any atom is -0.256 e. The summed E-state index contributed by atoms with van der Waals surface area (Å²) in [6, 6.07) is 51.8. The van der Waals surface area contributed by atoms with Crippen molar-refractivity contribution in [1.82, 2.24) is 4.98 Å². The third-order valence-corrected chi connectivity index (χ3v) is 9.98. The Labute approximate surface area is 279 Å². The van der Waals surface area contributed by atoms with E-state index in [1.165, 1.54) is 48.5 Å². The fraction of sp³-hybridized carbons (Fsp3) is 0.0909. The number of nitrogens with zero attached hydrogens (tertiary/aromatic N) is 2. The van der Waals surface area contributed by atoms with Gasteiger partial charge in [-0.1, -0.05) is 136 Å². The van der Waals surface area contributed by atoms with Crippen LogP contribution in [0.15, 0.2) is 151 Å². The second kappa shape index (κ2) is 11.8. The van der Waals surface area contributed by atoms with Gasteiger partial charge in [-0.3, -0.25) is 4.99 Å². The maximum absolute atomic E-state index is 5.31. The van der Waals surface area contributed by atoms with E-state index < -0.39 is 0 Å². The van der Waals surface area contributed by atoms with Crippen LogP contribution in [0.25, 0.3) is 64.6 Å². The Morgan fingerprint density at radius 1 is 0.574 bits per heavy atom. The summed E-state index contributed by atoms with van der Waals surface area (Å²) in [7, 11) is 0. The second-order valence-electron chi connectivity index (χ2n) is 13.1. The third kappa shape index (κ3) is 5.54. The smallest absolute Gasteiger partial charge is 0.126 e. The molecular formula is C44H34N2S. The summed E-state index contributed by atoms with van der Waals surface area (Å²) in [6.45, 7) is 6.83. The van der Waals surface area contributed by atoms with Gasteiger partial charge in [0, 0.05) is 22.9 Å². The molecule has 0 bridgehead atoms.